The maximum absolute atomic E-state index is 12.4. The van der Waals surface area contributed by atoms with Gasteiger partial charge in [-0.25, -0.2) is 8.78 Å². The van der Waals surface area contributed by atoms with E-state index in [9.17, 15) is 8.78 Å². The first-order valence-corrected chi connectivity index (χ1v) is 6.03. The summed E-state index contributed by atoms with van der Waals surface area (Å²) in [5, 5.41) is 16.2. The van der Waals surface area contributed by atoms with Crippen LogP contribution in [0.1, 0.15) is 5.56 Å². The van der Waals surface area contributed by atoms with Crippen molar-refractivity contribution in [2.45, 2.75) is 6.43 Å². The van der Waals surface area contributed by atoms with Gasteiger partial charge in [-0.15, -0.1) is 0 Å². The van der Waals surface area contributed by atoms with Gasteiger partial charge in [0.05, 0.1) is 13.2 Å². The summed E-state index contributed by atoms with van der Waals surface area (Å²) in [7, 11) is 0. The van der Waals surface area contributed by atoms with Gasteiger partial charge in [0.2, 0.25) is 0 Å². The van der Waals surface area contributed by atoms with E-state index in [1.807, 2.05) is 0 Å². The molecular weight excluding hydrogens is 308 g/mol. The fourth-order valence-electron chi connectivity index (χ4n) is 1.53. The molecule has 0 amide bonds. The zero-order chi connectivity index (χ0) is 13.7. The Morgan fingerprint density at radius 1 is 1.50 bits per heavy atom. The highest BCUT2D eigenvalue weighted by Gasteiger charge is 2.14. The molecule has 0 spiro atoms. The Morgan fingerprint density at radius 3 is 2.61 bits per heavy atom. The van der Waals surface area contributed by atoms with Crippen molar-refractivity contribution in [3.63, 3.8) is 0 Å². The summed E-state index contributed by atoms with van der Waals surface area (Å²) in [6, 6.07) is 4.78. The molecule has 0 fully saturated rings. The predicted octanol–water partition coefficient (Wildman–Crippen LogP) is 1.80. The fourth-order valence-corrected chi connectivity index (χ4v) is 2.11. The zero-order valence-electron chi connectivity index (χ0n) is 9.54. The van der Waals surface area contributed by atoms with E-state index < -0.39 is 13.0 Å². The monoisotopic (exact) mass is 321 g/mol. The minimum absolute atomic E-state index is 0.101. The number of aliphatic hydroxyl groups excluding tert-OH is 1. The van der Waals surface area contributed by atoms with Crippen LogP contribution in [-0.2, 0) is 0 Å². The van der Waals surface area contributed by atoms with Crippen LogP contribution < -0.4 is 10.6 Å². The van der Waals surface area contributed by atoms with Crippen molar-refractivity contribution in [2.75, 3.05) is 24.6 Å². The molecule has 0 aliphatic rings. The number of halogens is 3. The average molecular weight is 322 g/mol. The number of nitrogens with two attached hydrogens (primary N) is 1. The van der Waals surface area contributed by atoms with Crippen LogP contribution in [0, 0.1) is 5.41 Å². The number of hydrogen-bond donors (Lipinski definition) is 3. The fraction of sp³-hybridized carbons (Fsp3) is 0.364. The summed E-state index contributed by atoms with van der Waals surface area (Å²) in [4.78, 5) is 1.37. The summed E-state index contributed by atoms with van der Waals surface area (Å²) in [5.41, 5.74) is 6.40. The molecule has 0 aliphatic carbocycles. The Labute approximate surface area is 112 Å². The molecule has 0 aromatic heterocycles. The van der Waals surface area contributed by atoms with E-state index in [1.165, 1.54) is 4.90 Å². The highest BCUT2D eigenvalue weighted by molar-refractivity contribution is 9.10. The second-order valence-corrected chi connectivity index (χ2v) is 4.49. The Bertz CT molecular complexity index is 429. The first kappa shape index (κ1) is 14.8. The number of nitrogen functional groups attached to an aromatic ring is 1. The van der Waals surface area contributed by atoms with Gasteiger partial charge in [0.25, 0.3) is 6.43 Å². The summed E-state index contributed by atoms with van der Waals surface area (Å²) in [5.74, 6) is -0.101. The molecule has 100 valence electrons. The maximum atomic E-state index is 12.4. The van der Waals surface area contributed by atoms with Crippen LogP contribution in [0.2, 0.25) is 0 Å². The Morgan fingerprint density at radius 2 is 2.17 bits per heavy atom. The molecule has 4 N–H and O–H groups in total. The lowest BCUT2D eigenvalue weighted by molar-refractivity contribution is 0.153. The smallest absolute Gasteiger partial charge is 0.255 e. The molecule has 0 atom stereocenters. The van der Waals surface area contributed by atoms with Crippen LogP contribution in [0.4, 0.5) is 14.5 Å². The largest absolute Gasteiger partial charge is 0.395 e. The van der Waals surface area contributed by atoms with Gasteiger partial charge in [-0.1, -0.05) is 0 Å². The second kappa shape index (κ2) is 6.65. The predicted molar refractivity (Wildman–Crippen MR) is 70.5 cm³/mol. The molecule has 0 bridgehead atoms. The van der Waals surface area contributed by atoms with Crippen molar-refractivity contribution in [2.24, 2.45) is 5.73 Å². The van der Waals surface area contributed by atoms with Crippen LogP contribution in [-0.4, -0.2) is 37.1 Å². The zero-order valence-corrected chi connectivity index (χ0v) is 11.1. The van der Waals surface area contributed by atoms with Crippen LogP contribution in [0.25, 0.3) is 0 Å². The van der Waals surface area contributed by atoms with Gasteiger partial charge in [-0.3, -0.25) is 5.41 Å². The van der Waals surface area contributed by atoms with Gasteiger partial charge in [0.15, 0.2) is 0 Å². The number of anilines is 1. The molecule has 0 unspecified atom stereocenters. The molecule has 1 aromatic rings. The minimum Gasteiger partial charge on any atom is -0.395 e. The van der Waals surface area contributed by atoms with E-state index in [0.29, 0.717) is 15.7 Å². The SMILES string of the molecule is N=C(N)c1ccc(N(CCO)CC(F)F)cc1Br. The van der Waals surface area contributed by atoms with E-state index in [4.69, 9.17) is 16.2 Å². The third kappa shape index (κ3) is 3.92. The molecule has 1 aromatic carbocycles. The second-order valence-electron chi connectivity index (χ2n) is 3.64. The lowest BCUT2D eigenvalue weighted by Gasteiger charge is -2.24. The number of benzene rings is 1. The van der Waals surface area contributed by atoms with Crippen LogP contribution >= 0.6 is 15.9 Å². The highest BCUT2D eigenvalue weighted by Crippen LogP contribution is 2.24. The van der Waals surface area contributed by atoms with Crippen LogP contribution in [0.5, 0.6) is 0 Å². The number of alkyl halides is 2. The first-order valence-electron chi connectivity index (χ1n) is 5.23. The van der Waals surface area contributed by atoms with Crippen LogP contribution in [0.15, 0.2) is 22.7 Å². The number of nitrogens with zero attached hydrogens (tertiary/aromatic N) is 1. The third-order valence-electron chi connectivity index (χ3n) is 2.34. The molecule has 4 nitrogen and oxygen atoms in total. The molecule has 0 heterocycles. The van der Waals surface area contributed by atoms with E-state index in [2.05, 4.69) is 15.9 Å². The van der Waals surface area contributed by atoms with Gasteiger partial charge in [-0.05, 0) is 34.1 Å². The van der Waals surface area contributed by atoms with Gasteiger partial charge in [0.1, 0.15) is 5.84 Å². The van der Waals surface area contributed by atoms with E-state index in [1.54, 1.807) is 18.2 Å². The molecule has 1 rings (SSSR count). The third-order valence-corrected chi connectivity index (χ3v) is 2.99. The summed E-state index contributed by atoms with van der Waals surface area (Å²) < 4.78 is 25.4. The summed E-state index contributed by atoms with van der Waals surface area (Å²) >= 11 is 3.24. The number of amidine groups is 1. The Hall–Kier alpha value is -1.21. The number of rotatable bonds is 6. The Kier molecular flexibility index (Phi) is 5.49. The Balaban J connectivity index is 2.98. The van der Waals surface area contributed by atoms with Crippen molar-refractivity contribution in [3.8, 4) is 0 Å². The van der Waals surface area contributed by atoms with Gasteiger partial charge >= 0.3 is 0 Å². The molecule has 0 aliphatic heterocycles. The van der Waals surface area contributed by atoms with E-state index in [0.717, 1.165) is 0 Å². The van der Waals surface area contributed by atoms with Crippen molar-refractivity contribution < 1.29 is 13.9 Å². The summed E-state index contributed by atoms with van der Waals surface area (Å²) in [6.07, 6.45) is -2.48. The molecule has 0 saturated carbocycles. The molecule has 18 heavy (non-hydrogen) atoms. The first-order chi connectivity index (χ1) is 8.45. The standard InChI is InChI=1S/C11H14BrF2N3O/c12-9-5-7(1-2-8(9)11(15)16)17(3-4-18)6-10(13)14/h1-2,5,10,18H,3-4,6H2,(H3,15,16). The van der Waals surface area contributed by atoms with Crippen LogP contribution in [0.3, 0.4) is 0 Å². The van der Waals surface area contributed by atoms with Crippen molar-refractivity contribution in [1.82, 2.24) is 0 Å². The average Bonchev–Trinajstić information content (AvgIpc) is 2.27. The molecular formula is C11H14BrF2N3O. The molecule has 0 saturated heterocycles. The number of nitrogens with one attached hydrogen (secondary N) is 1. The lowest BCUT2D eigenvalue weighted by Crippen LogP contribution is -2.31. The maximum Gasteiger partial charge on any atom is 0.255 e. The van der Waals surface area contributed by atoms with Crippen molar-refractivity contribution >= 4 is 27.5 Å². The van der Waals surface area contributed by atoms with Crippen molar-refractivity contribution in [1.29, 1.82) is 5.41 Å². The van der Waals surface area contributed by atoms with Gasteiger partial charge in [-0.2, -0.15) is 0 Å². The molecule has 0 radical (unpaired) electrons. The summed E-state index contributed by atoms with van der Waals surface area (Å²) in [6.45, 7) is -0.540. The minimum atomic E-state index is -2.48. The number of aliphatic hydroxyl groups is 1. The van der Waals surface area contributed by atoms with Crippen molar-refractivity contribution in [3.05, 3.63) is 28.2 Å². The van der Waals surface area contributed by atoms with E-state index in [-0.39, 0.29) is 19.0 Å². The topological polar surface area (TPSA) is 73.3 Å². The van der Waals surface area contributed by atoms with E-state index >= 15 is 0 Å². The molecule has 7 heteroatoms. The normalized spacial score (nSPS) is 10.7. The highest BCUT2D eigenvalue weighted by atomic mass is 79.9. The quantitative estimate of drug-likeness (QED) is 0.552. The van der Waals surface area contributed by atoms with Gasteiger partial charge < -0.3 is 15.7 Å². The lowest BCUT2D eigenvalue weighted by atomic mass is 10.2. The number of hydrogen-bond acceptors (Lipinski definition) is 3. The van der Waals surface area contributed by atoms with Gasteiger partial charge in [0, 0.05) is 22.3 Å².